The predicted octanol–water partition coefficient (Wildman–Crippen LogP) is 5.84. The van der Waals surface area contributed by atoms with E-state index in [0.29, 0.717) is 26.3 Å². The molecule has 5 nitrogen and oxygen atoms in total. The summed E-state index contributed by atoms with van der Waals surface area (Å²) in [4.78, 5) is 14.6. The fourth-order valence-corrected chi connectivity index (χ4v) is 3.69. The fraction of sp³-hybridized carbons (Fsp3) is 0.269. The summed E-state index contributed by atoms with van der Waals surface area (Å²) in [6, 6.07) is 19.9. The summed E-state index contributed by atoms with van der Waals surface area (Å²) in [5.41, 5.74) is 4.51. The minimum absolute atomic E-state index is 0.156. The zero-order valence-electron chi connectivity index (χ0n) is 18.3. The Hall–Kier alpha value is -3.38. The van der Waals surface area contributed by atoms with Gasteiger partial charge in [-0.3, -0.25) is 0 Å². The van der Waals surface area contributed by atoms with Gasteiger partial charge in [-0.25, -0.2) is 9.18 Å². The van der Waals surface area contributed by atoms with Crippen molar-refractivity contribution in [3.05, 3.63) is 94.8 Å². The summed E-state index contributed by atoms with van der Waals surface area (Å²) in [6.45, 7) is 5.61. The first-order valence-corrected chi connectivity index (χ1v) is 10.7. The predicted molar refractivity (Wildman–Crippen MR) is 122 cm³/mol. The number of urea groups is 1. The Morgan fingerprint density at radius 1 is 1.16 bits per heavy atom. The maximum atomic E-state index is 13.4. The van der Waals surface area contributed by atoms with E-state index >= 15 is 0 Å². The van der Waals surface area contributed by atoms with Crippen LogP contribution in [-0.2, 0) is 17.9 Å². The maximum Gasteiger partial charge on any atom is 0.322 e. The number of nitrogens with one attached hydrogen (secondary N) is 1. The number of amides is 2. The van der Waals surface area contributed by atoms with E-state index in [-0.39, 0.29) is 18.0 Å². The summed E-state index contributed by atoms with van der Waals surface area (Å²) >= 11 is 0. The van der Waals surface area contributed by atoms with Gasteiger partial charge >= 0.3 is 6.03 Å². The second-order valence-electron chi connectivity index (χ2n) is 7.97. The molecular weight excluding hydrogens is 407 g/mol. The van der Waals surface area contributed by atoms with Gasteiger partial charge in [0.05, 0.1) is 25.8 Å². The number of para-hydroxylation sites is 1. The van der Waals surface area contributed by atoms with Crippen LogP contribution in [0, 0.1) is 12.7 Å². The first-order valence-electron chi connectivity index (χ1n) is 10.7. The number of carbonyl (C=O) groups is 1. The number of halogens is 1. The van der Waals surface area contributed by atoms with Crippen LogP contribution in [-0.4, -0.2) is 24.1 Å². The van der Waals surface area contributed by atoms with E-state index in [4.69, 9.17) is 9.47 Å². The molecule has 0 aliphatic carbocycles. The number of carbonyl (C=O) groups excluding carboxylic acids is 1. The van der Waals surface area contributed by atoms with E-state index in [1.807, 2.05) is 62.4 Å². The quantitative estimate of drug-likeness (QED) is 0.549. The lowest BCUT2D eigenvalue weighted by Gasteiger charge is -2.21. The summed E-state index contributed by atoms with van der Waals surface area (Å²) in [7, 11) is 0. The van der Waals surface area contributed by atoms with Crippen LogP contribution in [0.25, 0.3) is 0 Å². The van der Waals surface area contributed by atoms with Crippen LogP contribution < -0.4 is 10.1 Å². The van der Waals surface area contributed by atoms with Gasteiger partial charge in [0.15, 0.2) is 0 Å². The Morgan fingerprint density at radius 2 is 2.00 bits per heavy atom. The van der Waals surface area contributed by atoms with Gasteiger partial charge in [-0.05, 0) is 60.9 Å². The van der Waals surface area contributed by atoms with E-state index < -0.39 is 0 Å². The Labute approximate surface area is 187 Å². The number of hydrogen-bond acceptors (Lipinski definition) is 3. The van der Waals surface area contributed by atoms with E-state index in [1.165, 1.54) is 12.1 Å². The number of hydrogen-bond donors (Lipinski definition) is 1. The van der Waals surface area contributed by atoms with E-state index in [9.17, 15) is 9.18 Å². The van der Waals surface area contributed by atoms with Crippen molar-refractivity contribution in [3.63, 3.8) is 0 Å². The number of benzene rings is 3. The summed E-state index contributed by atoms with van der Waals surface area (Å²) < 4.78 is 25.2. The fourth-order valence-electron chi connectivity index (χ4n) is 3.69. The Balaban J connectivity index is 1.44. The highest BCUT2D eigenvalue weighted by atomic mass is 19.1. The van der Waals surface area contributed by atoms with Crippen LogP contribution in [0.1, 0.15) is 35.3 Å². The molecule has 3 aromatic carbocycles. The van der Waals surface area contributed by atoms with Crippen LogP contribution >= 0.6 is 0 Å². The van der Waals surface area contributed by atoms with Gasteiger partial charge in [-0.1, -0.05) is 36.4 Å². The van der Waals surface area contributed by atoms with Crippen molar-refractivity contribution in [2.75, 3.05) is 18.5 Å². The highest BCUT2D eigenvalue weighted by Gasteiger charge is 2.21. The molecule has 2 amide bonds. The molecule has 32 heavy (non-hydrogen) atoms. The molecule has 166 valence electrons. The van der Waals surface area contributed by atoms with Crippen molar-refractivity contribution in [2.24, 2.45) is 0 Å². The van der Waals surface area contributed by atoms with E-state index in [2.05, 4.69) is 5.32 Å². The van der Waals surface area contributed by atoms with Gasteiger partial charge in [0, 0.05) is 11.3 Å². The van der Waals surface area contributed by atoms with Gasteiger partial charge in [0.25, 0.3) is 0 Å². The normalized spacial score (nSPS) is 14.2. The molecule has 1 N–H and O–H groups in total. The van der Waals surface area contributed by atoms with Crippen molar-refractivity contribution < 1.29 is 18.7 Å². The first-order chi connectivity index (χ1) is 15.5. The van der Waals surface area contributed by atoms with Gasteiger partial charge in [-0.2, -0.15) is 0 Å². The van der Waals surface area contributed by atoms with Gasteiger partial charge in [0.2, 0.25) is 0 Å². The Kier molecular flexibility index (Phi) is 6.71. The van der Waals surface area contributed by atoms with Gasteiger partial charge in [-0.15, -0.1) is 0 Å². The molecule has 1 unspecified atom stereocenters. The number of ether oxygens (including phenoxy) is 2. The van der Waals surface area contributed by atoms with Crippen LogP contribution in [0.15, 0.2) is 66.7 Å². The lowest BCUT2D eigenvalue weighted by molar-refractivity contribution is 0.0523. The third kappa shape index (κ3) is 5.26. The second-order valence-corrected chi connectivity index (χ2v) is 7.97. The number of fused-ring (bicyclic) bond motifs is 1. The molecule has 6 heteroatoms. The highest BCUT2D eigenvalue weighted by Crippen LogP contribution is 2.29. The third-order valence-corrected chi connectivity index (χ3v) is 5.60. The van der Waals surface area contributed by atoms with Gasteiger partial charge < -0.3 is 19.7 Å². The smallest absolute Gasteiger partial charge is 0.322 e. The van der Waals surface area contributed by atoms with E-state index in [1.54, 1.807) is 11.0 Å². The Bertz CT molecular complexity index is 1100. The summed E-state index contributed by atoms with van der Waals surface area (Å²) in [5.74, 6) is 0.502. The lowest BCUT2D eigenvalue weighted by atomic mass is 10.1. The highest BCUT2D eigenvalue weighted by molar-refractivity contribution is 5.90. The second kappa shape index (κ2) is 9.83. The monoisotopic (exact) mass is 434 g/mol. The molecule has 1 heterocycles. The molecule has 0 saturated carbocycles. The molecule has 1 atom stereocenters. The Morgan fingerprint density at radius 3 is 2.81 bits per heavy atom. The molecular formula is C26H27FN2O3. The van der Waals surface area contributed by atoms with Crippen molar-refractivity contribution in [2.45, 2.75) is 33.1 Å². The molecule has 0 fully saturated rings. The molecule has 1 aliphatic heterocycles. The van der Waals surface area contributed by atoms with Crippen molar-refractivity contribution >= 4 is 11.7 Å². The number of nitrogens with zero attached hydrogens (tertiary/aromatic N) is 1. The number of anilines is 1. The third-order valence-electron chi connectivity index (χ3n) is 5.60. The number of aryl methyl sites for hydroxylation is 1. The first kappa shape index (κ1) is 21.8. The van der Waals surface area contributed by atoms with Crippen LogP contribution in [0.3, 0.4) is 0 Å². The summed E-state index contributed by atoms with van der Waals surface area (Å²) in [5, 5.41) is 3.00. The zero-order valence-corrected chi connectivity index (χ0v) is 18.3. The summed E-state index contributed by atoms with van der Waals surface area (Å²) in [6.07, 6.45) is -0.193. The average Bonchev–Trinajstić information content (AvgIpc) is 3.01. The minimum Gasteiger partial charge on any atom is -0.491 e. The molecule has 0 spiro atoms. The topological polar surface area (TPSA) is 50.8 Å². The van der Waals surface area contributed by atoms with Crippen molar-refractivity contribution in [1.82, 2.24) is 4.90 Å². The molecule has 4 rings (SSSR count). The van der Waals surface area contributed by atoms with Crippen LogP contribution in [0.4, 0.5) is 14.9 Å². The maximum absolute atomic E-state index is 13.4. The molecule has 0 radical (unpaired) electrons. The lowest BCUT2D eigenvalue weighted by Crippen LogP contribution is -2.36. The molecule has 0 bridgehead atoms. The van der Waals surface area contributed by atoms with Crippen molar-refractivity contribution in [3.8, 4) is 5.75 Å². The molecule has 0 saturated heterocycles. The molecule has 1 aliphatic rings. The SMILES string of the molecule is Cc1ccccc1NC(=O)N1CCOc2ccc(C(C)OCc3cccc(F)c3)cc2C1. The number of rotatable bonds is 5. The van der Waals surface area contributed by atoms with E-state index in [0.717, 1.165) is 33.7 Å². The zero-order chi connectivity index (χ0) is 22.5. The largest absolute Gasteiger partial charge is 0.491 e. The molecule has 3 aromatic rings. The van der Waals surface area contributed by atoms with Crippen molar-refractivity contribution in [1.29, 1.82) is 0 Å². The molecule has 0 aromatic heterocycles. The van der Waals surface area contributed by atoms with Crippen LogP contribution in [0.5, 0.6) is 5.75 Å². The standard InChI is InChI=1S/C26H27FN2O3/c1-18-6-3-4-9-24(18)28-26(30)29-12-13-31-25-11-10-21(15-22(25)16-29)19(2)32-17-20-7-5-8-23(27)14-20/h3-11,14-15,19H,12-13,16-17H2,1-2H3,(H,28,30). The average molecular weight is 435 g/mol. The van der Waals surface area contributed by atoms with Crippen LogP contribution in [0.2, 0.25) is 0 Å². The minimum atomic E-state index is -0.273. The van der Waals surface area contributed by atoms with Gasteiger partial charge in [0.1, 0.15) is 18.2 Å².